The van der Waals surface area contributed by atoms with Gasteiger partial charge in [-0.05, 0) is 52.2 Å². The SMILES string of the molecule is Cc1cc(C)n2c(SCC(=O)Nc3c(C#N)c(C)c(C)n3C[C@H]3CCCO3)nnc2n1. The average molecular weight is 440 g/mol. The second kappa shape index (κ2) is 8.69. The smallest absolute Gasteiger partial charge is 0.256 e. The van der Waals surface area contributed by atoms with Gasteiger partial charge in [-0.15, -0.1) is 10.2 Å². The number of carbonyl (C=O) groups excluding carboxylic acids is 1. The molecule has 4 rings (SSSR count). The standard InChI is InChI=1S/C21H25N7O2S/c1-12-8-13(2)28-20(23-12)25-26-21(28)31-11-18(29)24-19-17(9-22)14(3)15(4)27(19)10-16-6-5-7-30-16/h8,16H,5-7,10-11H2,1-4H3,(H,24,29)/t16-/m1/s1. The van der Waals surface area contributed by atoms with E-state index in [0.29, 0.717) is 28.9 Å². The van der Waals surface area contributed by atoms with Gasteiger partial charge in [-0.25, -0.2) is 4.98 Å². The number of carbonyl (C=O) groups is 1. The molecule has 9 nitrogen and oxygen atoms in total. The van der Waals surface area contributed by atoms with Gasteiger partial charge in [0.05, 0.1) is 24.0 Å². The molecule has 0 spiro atoms. The fourth-order valence-electron chi connectivity index (χ4n) is 3.94. The second-order valence-electron chi connectivity index (χ2n) is 7.79. The number of aromatic nitrogens is 5. The van der Waals surface area contributed by atoms with Gasteiger partial charge in [-0.3, -0.25) is 9.20 Å². The zero-order valence-electron chi connectivity index (χ0n) is 18.1. The summed E-state index contributed by atoms with van der Waals surface area (Å²) in [4.78, 5) is 17.2. The van der Waals surface area contributed by atoms with Gasteiger partial charge in [0.2, 0.25) is 5.91 Å². The maximum atomic E-state index is 12.8. The summed E-state index contributed by atoms with van der Waals surface area (Å²) >= 11 is 1.29. The van der Waals surface area contributed by atoms with Crippen molar-refractivity contribution in [2.75, 3.05) is 17.7 Å². The average Bonchev–Trinajstić information content (AvgIpc) is 3.43. The van der Waals surface area contributed by atoms with Crippen molar-refractivity contribution in [3.05, 3.63) is 34.3 Å². The van der Waals surface area contributed by atoms with Gasteiger partial charge in [0.15, 0.2) is 5.16 Å². The third kappa shape index (κ3) is 4.16. The minimum atomic E-state index is -0.206. The summed E-state index contributed by atoms with van der Waals surface area (Å²) in [6.07, 6.45) is 2.12. The highest BCUT2D eigenvalue weighted by molar-refractivity contribution is 7.99. The maximum Gasteiger partial charge on any atom is 0.256 e. The Kier molecular flexibility index (Phi) is 5.98. The number of rotatable bonds is 6. The van der Waals surface area contributed by atoms with E-state index in [0.717, 1.165) is 42.1 Å². The molecule has 0 aromatic carbocycles. The van der Waals surface area contributed by atoms with Crippen molar-refractivity contribution in [1.29, 1.82) is 5.26 Å². The van der Waals surface area contributed by atoms with Gasteiger partial charge in [-0.2, -0.15) is 5.26 Å². The lowest BCUT2D eigenvalue weighted by Gasteiger charge is -2.16. The van der Waals surface area contributed by atoms with Crippen LogP contribution in [0.15, 0.2) is 11.2 Å². The van der Waals surface area contributed by atoms with Gasteiger partial charge >= 0.3 is 0 Å². The van der Waals surface area contributed by atoms with Gasteiger partial charge < -0.3 is 14.6 Å². The summed E-state index contributed by atoms with van der Waals surface area (Å²) in [5, 5.41) is 21.5. The molecule has 0 aliphatic carbocycles. The molecule has 1 fully saturated rings. The zero-order valence-corrected chi connectivity index (χ0v) is 18.9. The van der Waals surface area contributed by atoms with Crippen LogP contribution in [-0.2, 0) is 16.1 Å². The second-order valence-corrected chi connectivity index (χ2v) is 8.73. The van der Waals surface area contributed by atoms with Crippen LogP contribution >= 0.6 is 11.8 Å². The predicted octanol–water partition coefficient (Wildman–Crippen LogP) is 2.94. The molecule has 1 aliphatic heterocycles. The van der Waals surface area contributed by atoms with E-state index in [9.17, 15) is 10.1 Å². The Morgan fingerprint density at radius 3 is 2.87 bits per heavy atom. The summed E-state index contributed by atoms with van der Waals surface area (Å²) in [5.74, 6) is 0.992. The van der Waals surface area contributed by atoms with Crippen LogP contribution < -0.4 is 5.32 Å². The quantitative estimate of drug-likeness (QED) is 0.588. The van der Waals surface area contributed by atoms with Crippen LogP contribution in [0.1, 0.15) is 41.1 Å². The molecule has 162 valence electrons. The Balaban J connectivity index is 1.52. The number of nitrogens with one attached hydrogen (secondary N) is 1. The summed E-state index contributed by atoms with van der Waals surface area (Å²) in [7, 11) is 0. The van der Waals surface area contributed by atoms with Crippen LogP contribution in [-0.4, -0.2) is 48.5 Å². The molecule has 1 atom stereocenters. The van der Waals surface area contributed by atoms with Crippen LogP contribution in [0.5, 0.6) is 0 Å². The molecule has 0 unspecified atom stereocenters. The number of amides is 1. The number of anilines is 1. The van der Waals surface area contributed by atoms with Gasteiger partial charge in [0.1, 0.15) is 11.9 Å². The van der Waals surface area contributed by atoms with Gasteiger partial charge in [0, 0.05) is 23.7 Å². The van der Waals surface area contributed by atoms with Crippen molar-refractivity contribution in [1.82, 2.24) is 24.1 Å². The van der Waals surface area contributed by atoms with Crippen LogP contribution in [0.3, 0.4) is 0 Å². The van der Waals surface area contributed by atoms with Gasteiger partial charge in [0.25, 0.3) is 5.78 Å². The molecule has 0 radical (unpaired) electrons. The first-order chi connectivity index (χ1) is 14.9. The number of fused-ring (bicyclic) bond motifs is 1. The summed E-state index contributed by atoms with van der Waals surface area (Å²) < 4.78 is 9.60. The highest BCUT2D eigenvalue weighted by Gasteiger charge is 2.24. The minimum Gasteiger partial charge on any atom is -0.376 e. The van der Waals surface area contributed by atoms with Crippen LogP contribution in [0.25, 0.3) is 5.78 Å². The third-order valence-electron chi connectivity index (χ3n) is 5.60. The predicted molar refractivity (Wildman–Crippen MR) is 117 cm³/mol. The Morgan fingerprint density at radius 1 is 1.35 bits per heavy atom. The van der Waals surface area contributed by atoms with Crippen LogP contribution in [0, 0.1) is 39.0 Å². The van der Waals surface area contributed by atoms with Crippen LogP contribution in [0.2, 0.25) is 0 Å². The molecular weight excluding hydrogens is 414 g/mol. The molecule has 1 saturated heterocycles. The topological polar surface area (TPSA) is 110 Å². The van der Waals surface area contributed by atoms with E-state index in [-0.39, 0.29) is 17.8 Å². The lowest BCUT2D eigenvalue weighted by molar-refractivity contribution is -0.113. The Labute approximate surface area is 184 Å². The summed E-state index contributed by atoms with van der Waals surface area (Å²) in [5.41, 5.74) is 4.17. The molecule has 0 saturated carbocycles. The number of hydrogen-bond donors (Lipinski definition) is 1. The number of nitrogens with zero attached hydrogens (tertiary/aromatic N) is 6. The summed E-state index contributed by atoms with van der Waals surface area (Å²) in [6.45, 7) is 9.12. The van der Waals surface area contributed by atoms with E-state index in [1.807, 2.05) is 42.7 Å². The lowest BCUT2D eigenvalue weighted by atomic mass is 10.2. The Morgan fingerprint density at radius 2 is 2.16 bits per heavy atom. The van der Waals surface area contributed by atoms with E-state index < -0.39 is 0 Å². The number of thioether (sulfide) groups is 1. The van der Waals surface area contributed by atoms with Crippen molar-refractivity contribution >= 4 is 29.3 Å². The van der Waals surface area contributed by atoms with Crippen molar-refractivity contribution in [2.24, 2.45) is 0 Å². The molecular formula is C21H25N7O2S. The highest BCUT2D eigenvalue weighted by atomic mass is 32.2. The first-order valence-electron chi connectivity index (χ1n) is 10.2. The van der Waals surface area contributed by atoms with E-state index in [1.165, 1.54) is 11.8 Å². The van der Waals surface area contributed by atoms with E-state index >= 15 is 0 Å². The third-order valence-corrected chi connectivity index (χ3v) is 6.53. The number of hydrogen-bond acceptors (Lipinski definition) is 7. The first kappa shape index (κ1) is 21.3. The molecule has 3 aromatic rings. The minimum absolute atomic E-state index is 0.100. The lowest BCUT2D eigenvalue weighted by Crippen LogP contribution is -2.22. The monoisotopic (exact) mass is 439 g/mol. The number of nitriles is 1. The first-order valence-corrected chi connectivity index (χ1v) is 11.2. The largest absolute Gasteiger partial charge is 0.376 e. The van der Waals surface area contributed by atoms with E-state index in [1.54, 1.807) is 0 Å². The normalized spacial score (nSPS) is 16.0. The van der Waals surface area contributed by atoms with Crippen molar-refractivity contribution < 1.29 is 9.53 Å². The molecule has 10 heteroatoms. The molecule has 0 bridgehead atoms. The molecule has 3 aromatic heterocycles. The molecule has 1 N–H and O–H groups in total. The van der Waals surface area contributed by atoms with E-state index in [4.69, 9.17) is 4.74 Å². The fraction of sp³-hybridized carbons (Fsp3) is 0.476. The molecule has 4 heterocycles. The van der Waals surface area contributed by atoms with Crippen LogP contribution in [0.4, 0.5) is 5.82 Å². The highest BCUT2D eigenvalue weighted by Crippen LogP contribution is 2.29. The summed E-state index contributed by atoms with van der Waals surface area (Å²) in [6, 6.07) is 4.19. The van der Waals surface area contributed by atoms with Crippen molar-refractivity contribution in [3.8, 4) is 6.07 Å². The Hall–Kier alpha value is -2.90. The fourth-order valence-corrected chi connectivity index (χ4v) is 4.73. The van der Waals surface area contributed by atoms with Crippen molar-refractivity contribution in [3.63, 3.8) is 0 Å². The molecule has 1 aliphatic rings. The molecule has 31 heavy (non-hydrogen) atoms. The molecule has 1 amide bonds. The maximum absolute atomic E-state index is 12.8. The van der Waals surface area contributed by atoms with Gasteiger partial charge in [-0.1, -0.05) is 11.8 Å². The number of aryl methyl sites for hydroxylation is 2. The number of ether oxygens (including phenoxy) is 1. The zero-order chi connectivity index (χ0) is 22.1. The van der Waals surface area contributed by atoms with Crippen molar-refractivity contribution in [2.45, 2.75) is 58.3 Å². The van der Waals surface area contributed by atoms with E-state index in [2.05, 4.69) is 26.6 Å². The Bertz CT molecular complexity index is 1180.